The van der Waals surface area contributed by atoms with E-state index in [1.807, 2.05) is 0 Å². The second kappa shape index (κ2) is 7.77. The highest BCUT2D eigenvalue weighted by Crippen LogP contribution is 2.37. The minimum atomic E-state index is -0.841. The number of hydrogen-bond donors (Lipinski definition) is 1. The zero-order valence-electron chi connectivity index (χ0n) is 10.8. The Morgan fingerprint density at radius 1 is 1.29 bits per heavy atom. The van der Waals surface area contributed by atoms with Gasteiger partial charge in [-0.1, -0.05) is 11.6 Å². The summed E-state index contributed by atoms with van der Waals surface area (Å²) < 4.78 is 23.2. The minimum absolute atomic E-state index is 0.0675. The standard InChI is InChI=1S/C12H9Br2ClFNO4/c1-20-8(18)4-7(12(19)21-2)17-11-6(14)3-5(13)10(16)9(11)15/h3-4,17H,1-2H3/b7-4+. The monoisotopic (exact) mass is 443 g/mol. The van der Waals surface area contributed by atoms with E-state index in [4.69, 9.17) is 11.6 Å². The molecule has 0 unspecified atom stereocenters. The van der Waals surface area contributed by atoms with Gasteiger partial charge < -0.3 is 14.8 Å². The molecule has 0 spiro atoms. The van der Waals surface area contributed by atoms with Crippen LogP contribution in [0.3, 0.4) is 0 Å². The second-order valence-corrected chi connectivity index (χ2v) is 5.63. The maximum atomic E-state index is 13.8. The summed E-state index contributed by atoms with van der Waals surface area (Å²) in [7, 11) is 2.28. The molecule has 0 saturated carbocycles. The average Bonchev–Trinajstić information content (AvgIpc) is 2.46. The summed E-state index contributed by atoms with van der Waals surface area (Å²) in [6, 6.07) is 1.40. The molecule has 0 aliphatic heterocycles. The summed E-state index contributed by atoms with van der Waals surface area (Å²) in [5.74, 6) is -2.34. The van der Waals surface area contributed by atoms with Gasteiger partial charge in [-0.25, -0.2) is 14.0 Å². The fraction of sp³-hybridized carbons (Fsp3) is 0.167. The highest BCUT2D eigenvalue weighted by atomic mass is 79.9. The molecule has 114 valence electrons. The van der Waals surface area contributed by atoms with Crippen molar-refractivity contribution in [3.63, 3.8) is 0 Å². The molecule has 9 heteroatoms. The number of rotatable bonds is 4. The lowest BCUT2D eigenvalue weighted by Crippen LogP contribution is -2.16. The molecule has 0 fully saturated rings. The number of carbonyl (C=O) groups excluding carboxylic acids is 2. The molecule has 1 N–H and O–H groups in total. The van der Waals surface area contributed by atoms with Crippen molar-refractivity contribution in [3.8, 4) is 0 Å². The molecule has 5 nitrogen and oxygen atoms in total. The predicted molar refractivity (Wildman–Crippen MR) is 82.5 cm³/mol. The van der Waals surface area contributed by atoms with Gasteiger partial charge in [0.05, 0.1) is 30.5 Å². The van der Waals surface area contributed by atoms with Gasteiger partial charge in [0.15, 0.2) is 5.82 Å². The largest absolute Gasteiger partial charge is 0.466 e. The van der Waals surface area contributed by atoms with E-state index in [1.165, 1.54) is 6.07 Å². The maximum absolute atomic E-state index is 13.8. The Balaban J connectivity index is 3.28. The Hall–Kier alpha value is -1.12. The Morgan fingerprint density at radius 2 is 1.90 bits per heavy atom. The Morgan fingerprint density at radius 3 is 2.43 bits per heavy atom. The number of methoxy groups -OCH3 is 2. The summed E-state index contributed by atoms with van der Waals surface area (Å²) >= 11 is 12.0. The summed E-state index contributed by atoms with van der Waals surface area (Å²) in [5.41, 5.74) is -0.188. The lowest BCUT2D eigenvalue weighted by atomic mass is 10.2. The van der Waals surface area contributed by atoms with Crippen LogP contribution in [0, 0.1) is 5.82 Å². The van der Waals surface area contributed by atoms with Crippen LogP contribution in [0.25, 0.3) is 0 Å². The molecule has 0 aliphatic rings. The third-order valence-electron chi connectivity index (χ3n) is 2.24. The van der Waals surface area contributed by atoms with Crippen molar-refractivity contribution in [1.82, 2.24) is 0 Å². The number of carbonyl (C=O) groups is 2. The van der Waals surface area contributed by atoms with E-state index in [1.54, 1.807) is 0 Å². The van der Waals surface area contributed by atoms with Crippen LogP contribution in [-0.2, 0) is 19.1 Å². The van der Waals surface area contributed by atoms with E-state index in [9.17, 15) is 14.0 Å². The van der Waals surface area contributed by atoms with Gasteiger partial charge in [-0.2, -0.15) is 0 Å². The number of anilines is 1. The summed E-state index contributed by atoms with van der Waals surface area (Å²) in [6.45, 7) is 0. The van der Waals surface area contributed by atoms with Gasteiger partial charge in [0.25, 0.3) is 0 Å². The molecule has 0 aliphatic carbocycles. The van der Waals surface area contributed by atoms with Crippen molar-refractivity contribution in [1.29, 1.82) is 0 Å². The zero-order valence-corrected chi connectivity index (χ0v) is 14.7. The zero-order chi connectivity index (χ0) is 16.2. The van der Waals surface area contributed by atoms with Crippen LogP contribution < -0.4 is 5.32 Å². The van der Waals surface area contributed by atoms with E-state index in [2.05, 4.69) is 46.7 Å². The van der Waals surface area contributed by atoms with Gasteiger partial charge in [0, 0.05) is 4.47 Å². The van der Waals surface area contributed by atoms with Crippen molar-refractivity contribution in [3.05, 3.63) is 37.6 Å². The Labute approximate surface area is 141 Å². The number of benzene rings is 1. The van der Waals surface area contributed by atoms with Gasteiger partial charge in [0.2, 0.25) is 0 Å². The molecule has 0 radical (unpaired) electrons. The van der Waals surface area contributed by atoms with Crippen LogP contribution in [0.5, 0.6) is 0 Å². The summed E-state index contributed by atoms with van der Waals surface area (Å²) in [4.78, 5) is 22.9. The molecule has 0 amide bonds. The maximum Gasteiger partial charge on any atom is 0.354 e. The van der Waals surface area contributed by atoms with E-state index in [0.29, 0.717) is 4.47 Å². The van der Waals surface area contributed by atoms with Crippen molar-refractivity contribution in [2.24, 2.45) is 0 Å². The quantitative estimate of drug-likeness (QED) is 0.332. The fourth-order valence-corrected chi connectivity index (χ4v) is 2.99. The smallest absolute Gasteiger partial charge is 0.354 e. The summed E-state index contributed by atoms with van der Waals surface area (Å²) in [6.07, 6.45) is 0.870. The van der Waals surface area contributed by atoms with E-state index in [0.717, 1.165) is 20.3 Å². The lowest BCUT2D eigenvalue weighted by Gasteiger charge is -2.13. The van der Waals surface area contributed by atoms with Crippen molar-refractivity contribution in [2.75, 3.05) is 19.5 Å². The lowest BCUT2D eigenvalue weighted by molar-refractivity contribution is -0.138. The molecule has 0 atom stereocenters. The first-order chi connectivity index (χ1) is 9.81. The average molecular weight is 445 g/mol. The molecule has 0 heterocycles. The molecule has 1 rings (SSSR count). The highest BCUT2D eigenvalue weighted by Gasteiger charge is 2.19. The van der Waals surface area contributed by atoms with E-state index >= 15 is 0 Å². The first-order valence-electron chi connectivity index (χ1n) is 5.29. The first-order valence-corrected chi connectivity index (χ1v) is 7.26. The molecule has 21 heavy (non-hydrogen) atoms. The van der Waals surface area contributed by atoms with Crippen LogP contribution in [0.1, 0.15) is 0 Å². The van der Waals surface area contributed by atoms with Gasteiger partial charge in [0.1, 0.15) is 10.7 Å². The Bertz CT molecular complexity index is 622. The number of nitrogens with one attached hydrogen (secondary N) is 1. The number of halogens is 4. The van der Waals surface area contributed by atoms with Crippen LogP contribution in [0.2, 0.25) is 5.02 Å². The predicted octanol–water partition coefficient (Wildman–Crippen LogP) is 3.65. The summed E-state index contributed by atoms with van der Waals surface area (Å²) in [5, 5.41) is 2.28. The van der Waals surface area contributed by atoms with Crippen LogP contribution in [0.4, 0.5) is 10.1 Å². The minimum Gasteiger partial charge on any atom is -0.466 e. The van der Waals surface area contributed by atoms with Gasteiger partial charge in [-0.15, -0.1) is 0 Å². The normalized spacial score (nSPS) is 11.0. The van der Waals surface area contributed by atoms with Crippen molar-refractivity contribution < 1.29 is 23.5 Å². The van der Waals surface area contributed by atoms with E-state index in [-0.39, 0.29) is 20.9 Å². The van der Waals surface area contributed by atoms with Gasteiger partial charge >= 0.3 is 11.9 Å². The van der Waals surface area contributed by atoms with Gasteiger partial charge in [-0.3, -0.25) is 0 Å². The van der Waals surface area contributed by atoms with Crippen LogP contribution in [-0.4, -0.2) is 26.2 Å². The fourth-order valence-electron chi connectivity index (χ4n) is 1.25. The first kappa shape index (κ1) is 17.9. The second-order valence-electron chi connectivity index (χ2n) is 3.54. The van der Waals surface area contributed by atoms with Crippen molar-refractivity contribution >= 4 is 61.1 Å². The highest BCUT2D eigenvalue weighted by molar-refractivity contribution is 9.11. The topological polar surface area (TPSA) is 64.6 Å². The van der Waals surface area contributed by atoms with Crippen LogP contribution in [0.15, 0.2) is 26.8 Å². The number of ether oxygens (including phenoxy) is 2. The van der Waals surface area contributed by atoms with Gasteiger partial charge in [-0.05, 0) is 37.9 Å². The number of hydrogen-bond acceptors (Lipinski definition) is 5. The van der Waals surface area contributed by atoms with Crippen molar-refractivity contribution in [2.45, 2.75) is 0 Å². The third kappa shape index (κ3) is 4.42. The van der Waals surface area contributed by atoms with E-state index < -0.39 is 17.8 Å². The number of esters is 2. The molecule has 1 aromatic rings. The molecule has 0 bridgehead atoms. The van der Waals surface area contributed by atoms with Crippen LogP contribution >= 0.6 is 43.5 Å². The SMILES string of the molecule is COC(=O)/C=C(/Nc1c(Br)cc(Br)c(F)c1Cl)C(=O)OC. The Kier molecular flexibility index (Phi) is 6.63. The molecular weight excluding hydrogens is 436 g/mol. The third-order valence-corrected chi connectivity index (χ3v) is 3.80. The molecule has 1 aromatic carbocycles. The molecule has 0 aromatic heterocycles. The molecular formula is C12H9Br2ClFNO4. The molecule has 0 saturated heterocycles.